The Morgan fingerprint density at radius 3 is 3.00 bits per heavy atom. The molecule has 1 aliphatic heterocycles. The lowest BCUT2D eigenvalue weighted by Crippen LogP contribution is -2.30. The Morgan fingerprint density at radius 1 is 1.50 bits per heavy atom. The predicted octanol–water partition coefficient (Wildman–Crippen LogP) is 2.13. The second kappa shape index (κ2) is 5.98. The van der Waals surface area contributed by atoms with E-state index in [1.54, 1.807) is 0 Å². The molecule has 1 heterocycles. The van der Waals surface area contributed by atoms with Gasteiger partial charge in [-0.3, -0.25) is 4.79 Å². The lowest BCUT2D eigenvalue weighted by atomic mass is 10.1. The summed E-state index contributed by atoms with van der Waals surface area (Å²) in [5.41, 5.74) is 1.19. The smallest absolute Gasteiger partial charge is 0.254 e. The van der Waals surface area contributed by atoms with Crippen LogP contribution in [0.1, 0.15) is 16.8 Å². The normalized spacial score (nSPS) is 15.1. The lowest BCUT2D eigenvalue weighted by Gasteiger charge is -2.14. The van der Waals surface area contributed by atoms with Crippen LogP contribution in [0.5, 0.6) is 0 Å². The predicted molar refractivity (Wildman–Crippen MR) is 69.3 cm³/mol. The first-order chi connectivity index (χ1) is 8.66. The SMILES string of the molecule is O=C(NCC1=CCNCC1)c1ccc(Cl)cc1F. The molecule has 1 aliphatic rings. The van der Waals surface area contributed by atoms with Gasteiger partial charge in [-0.15, -0.1) is 0 Å². The molecule has 2 rings (SSSR count). The van der Waals surface area contributed by atoms with Gasteiger partial charge >= 0.3 is 0 Å². The van der Waals surface area contributed by atoms with Crippen molar-refractivity contribution in [1.29, 1.82) is 0 Å². The molecule has 2 N–H and O–H groups in total. The summed E-state index contributed by atoms with van der Waals surface area (Å²) in [6.45, 7) is 2.19. The topological polar surface area (TPSA) is 41.1 Å². The minimum absolute atomic E-state index is 0.0222. The third-order valence-electron chi connectivity index (χ3n) is 2.81. The summed E-state index contributed by atoms with van der Waals surface area (Å²) in [6, 6.07) is 4.04. The molecule has 0 spiro atoms. The summed E-state index contributed by atoms with van der Waals surface area (Å²) >= 11 is 5.63. The fraction of sp³-hybridized carbons (Fsp3) is 0.308. The van der Waals surface area contributed by atoms with Crippen LogP contribution in [-0.2, 0) is 0 Å². The minimum atomic E-state index is -0.598. The third-order valence-corrected chi connectivity index (χ3v) is 3.04. The average molecular weight is 269 g/mol. The first kappa shape index (κ1) is 13.1. The van der Waals surface area contributed by atoms with Crippen LogP contribution in [0.2, 0.25) is 5.02 Å². The molecule has 0 aliphatic carbocycles. The summed E-state index contributed by atoms with van der Waals surface area (Å²) in [7, 11) is 0. The summed E-state index contributed by atoms with van der Waals surface area (Å²) in [4.78, 5) is 11.8. The van der Waals surface area contributed by atoms with Gasteiger partial charge in [0, 0.05) is 18.1 Å². The highest BCUT2D eigenvalue weighted by Gasteiger charge is 2.12. The maximum Gasteiger partial charge on any atom is 0.254 e. The fourth-order valence-electron chi connectivity index (χ4n) is 1.79. The molecule has 0 fully saturated rings. The van der Waals surface area contributed by atoms with Crippen LogP contribution in [0.25, 0.3) is 0 Å². The number of amides is 1. The molecule has 1 aromatic carbocycles. The van der Waals surface area contributed by atoms with Gasteiger partial charge < -0.3 is 10.6 Å². The molecular weight excluding hydrogens is 255 g/mol. The summed E-state index contributed by atoms with van der Waals surface area (Å²) in [5.74, 6) is -1.01. The molecule has 1 aromatic rings. The zero-order valence-electron chi connectivity index (χ0n) is 9.80. The van der Waals surface area contributed by atoms with Crippen molar-refractivity contribution in [3.8, 4) is 0 Å². The van der Waals surface area contributed by atoms with Crippen LogP contribution < -0.4 is 10.6 Å². The molecule has 1 amide bonds. The zero-order valence-corrected chi connectivity index (χ0v) is 10.6. The molecule has 0 atom stereocenters. The van der Waals surface area contributed by atoms with E-state index in [1.165, 1.54) is 12.1 Å². The first-order valence-corrected chi connectivity index (χ1v) is 6.16. The third kappa shape index (κ3) is 3.31. The Morgan fingerprint density at radius 2 is 2.33 bits per heavy atom. The highest BCUT2D eigenvalue weighted by molar-refractivity contribution is 6.30. The highest BCUT2D eigenvalue weighted by atomic mass is 35.5. The van der Waals surface area contributed by atoms with E-state index in [0.29, 0.717) is 6.54 Å². The van der Waals surface area contributed by atoms with Gasteiger partial charge in [0.25, 0.3) is 5.91 Å². The minimum Gasteiger partial charge on any atom is -0.348 e. The van der Waals surface area contributed by atoms with Crippen molar-refractivity contribution in [3.63, 3.8) is 0 Å². The Balaban J connectivity index is 1.97. The van der Waals surface area contributed by atoms with Crippen LogP contribution in [-0.4, -0.2) is 25.5 Å². The second-order valence-electron chi connectivity index (χ2n) is 4.12. The van der Waals surface area contributed by atoms with E-state index in [1.807, 2.05) is 6.08 Å². The standard InChI is InChI=1S/C13H14ClFN2O/c14-10-1-2-11(12(15)7-10)13(18)17-8-9-3-5-16-6-4-9/h1-3,7,16H,4-6,8H2,(H,17,18). The molecule has 18 heavy (non-hydrogen) atoms. The number of carbonyl (C=O) groups excluding carboxylic acids is 1. The van der Waals surface area contributed by atoms with E-state index in [-0.39, 0.29) is 10.6 Å². The number of hydrogen-bond donors (Lipinski definition) is 2. The van der Waals surface area contributed by atoms with E-state index in [2.05, 4.69) is 10.6 Å². The van der Waals surface area contributed by atoms with Crippen LogP contribution in [0, 0.1) is 5.82 Å². The first-order valence-electron chi connectivity index (χ1n) is 5.78. The molecule has 0 saturated carbocycles. The fourth-order valence-corrected chi connectivity index (χ4v) is 1.95. The Kier molecular flexibility index (Phi) is 4.33. The maximum atomic E-state index is 13.5. The largest absolute Gasteiger partial charge is 0.348 e. The van der Waals surface area contributed by atoms with Gasteiger partial charge in [-0.2, -0.15) is 0 Å². The van der Waals surface area contributed by atoms with Crippen LogP contribution in [0.3, 0.4) is 0 Å². The Bertz CT molecular complexity index is 488. The number of nitrogens with one attached hydrogen (secondary N) is 2. The van der Waals surface area contributed by atoms with Gasteiger partial charge in [0.2, 0.25) is 0 Å². The summed E-state index contributed by atoms with van der Waals surface area (Å²) in [5, 5.41) is 6.18. The molecular formula is C13H14ClFN2O. The molecule has 3 nitrogen and oxygen atoms in total. The van der Waals surface area contributed by atoms with Gasteiger partial charge in [0.1, 0.15) is 5.82 Å². The molecule has 0 saturated heterocycles. The monoisotopic (exact) mass is 268 g/mol. The molecule has 96 valence electrons. The highest BCUT2D eigenvalue weighted by Crippen LogP contribution is 2.14. The maximum absolute atomic E-state index is 13.5. The van der Waals surface area contributed by atoms with Crippen LogP contribution in [0.4, 0.5) is 4.39 Å². The van der Waals surface area contributed by atoms with E-state index in [9.17, 15) is 9.18 Å². The molecule has 0 radical (unpaired) electrons. The van der Waals surface area contributed by atoms with Gasteiger partial charge in [-0.05, 0) is 31.2 Å². The van der Waals surface area contributed by atoms with Crippen molar-refractivity contribution in [3.05, 3.63) is 46.3 Å². The number of benzene rings is 1. The zero-order chi connectivity index (χ0) is 13.0. The summed E-state index contributed by atoms with van der Waals surface area (Å²) in [6.07, 6.45) is 2.95. The van der Waals surface area contributed by atoms with Crippen molar-refractivity contribution in [1.82, 2.24) is 10.6 Å². The van der Waals surface area contributed by atoms with Crippen molar-refractivity contribution in [2.75, 3.05) is 19.6 Å². The number of halogens is 2. The van der Waals surface area contributed by atoms with Crippen molar-refractivity contribution < 1.29 is 9.18 Å². The molecule has 0 unspecified atom stereocenters. The number of rotatable bonds is 3. The summed E-state index contributed by atoms with van der Waals surface area (Å²) < 4.78 is 13.5. The van der Waals surface area contributed by atoms with E-state index in [0.717, 1.165) is 31.1 Å². The van der Waals surface area contributed by atoms with Crippen molar-refractivity contribution in [2.24, 2.45) is 0 Å². The van der Waals surface area contributed by atoms with Gasteiger partial charge in [0.15, 0.2) is 0 Å². The Labute approximate surface area is 110 Å². The molecule has 5 heteroatoms. The van der Waals surface area contributed by atoms with Gasteiger partial charge in [0.05, 0.1) is 5.56 Å². The second-order valence-corrected chi connectivity index (χ2v) is 4.56. The van der Waals surface area contributed by atoms with Gasteiger partial charge in [-0.25, -0.2) is 4.39 Å². The number of carbonyl (C=O) groups is 1. The quantitative estimate of drug-likeness (QED) is 0.825. The van der Waals surface area contributed by atoms with Crippen molar-refractivity contribution >= 4 is 17.5 Å². The Hall–Kier alpha value is -1.39. The number of hydrogen-bond acceptors (Lipinski definition) is 2. The van der Waals surface area contributed by atoms with Crippen LogP contribution >= 0.6 is 11.6 Å². The lowest BCUT2D eigenvalue weighted by molar-refractivity contribution is 0.0952. The average Bonchev–Trinajstić information content (AvgIpc) is 2.37. The van der Waals surface area contributed by atoms with E-state index >= 15 is 0 Å². The van der Waals surface area contributed by atoms with Crippen molar-refractivity contribution in [2.45, 2.75) is 6.42 Å². The van der Waals surface area contributed by atoms with Crippen LogP contribution in [0.15, 0.2) is 29.8 Å². The van der Waals surface area contributed by atoms with E-state index < -0.39 is 11.7 Å². The van der Waals surface area contributed by atoms with Gasteiger partial charge in [-0.1, -0.05) is 23.3 Å². The molecule has 0 bridgehead atoms. The molecule has 0 aromatic heterocycles. The van der Waals surface area contributed by atoms with E-state index in [4.69, 9.17) is 11.6 Å².